The molecular weight excluding hydrogens is 246 g/mol. The highest BCUT2D eigenvalue weighted by atomic mass is 16.5. The molecule has 2 heteroatoms. The number of hydrogen-bond acceptors (Lipinski definition) is 2. The topological polar surface area (TPSA) is 21.3 Å². The van der Waals surface area contributed by atoms with Crippen molar-refractivity contribution in [3.8, 4) is 0 Å². The van der Waals surface area contributed by atoms with E-state index in [4.69, 9.17) is 4.74 Å². The second-order valence-corrected chi connectivity index (χ2v) is 6.16. The smallest absolute Gasteiger partial charge is 0.0753 e. The molecule has 1 aromatic rings. The summed E-state index contributed by atoms with van der Waals surface area (Å²) >= 11 is 0. The molecule has 0 heterocycles. The molecule has 0 radical (unpaired) electrons. The van der Waals surface area contributed by atoms with E-state index >= 15 is 0 Å². The van der Waals surface area contributed by atoms with Gasteiger partial charge in [-0.3, -0.25) is 0 Å². The molecule has 1 saturated carbocycles. The van der Waals surface area contributed by atoms with Gasteiger partial charge in [0.1, 0.15) is 0 Å². The summed E-state index contributed by atoms with van der Waals surface area (Å²) in [6.07, 6.45) is 1.61. The number of nitrogens with one attached hydrogen (secondary N) is 1. The minimum absolute atomic E-state index is 0.318. The molecule has 0 aromatic heterocycles. The lowest BCUT2D eigenvalue weighted by molar-refractivity contribution is -0.00209. The van der Waals surface area contributed by atoms with E-state index in [2.05, 4.69) is 63.3 Å². The van der Waals surface area contributed by atoms with Crippen LogP contribution in [0.5, 0.6) is 0 Å². The molecule has 1 aliphatic rings. The molecule has 112 valence electrons. The number of likely N-dealkylation sites (N-methyl/N-ethyl adjacent to an activating group) is 1. The van der Waals surface area contributed by atoms with Crippen molar-refractivity contribution in [2.24, 2.45) is 11.8 Å². The van der Waals surface area contributed by atoms with Crippen molar-refractivity contribution in [1.29, 1.82) is 0 Å². The Kier molecular flexibility index (Phi) is 5.62. The van der Waals surface area contributed by atoms with Gasteiger partial charge in [-0.05, 0) is 43.2 Å². The highest BCUT2D eigenvalue weighted by Crippen LogP contribution is 2.50. The first-order valence-electron chi connectivity index (χ1n) is 8.08. The fourth-order valence-electron chi connectivity index (χ4n) is 3.35. The van der Waals surface area contributed by atoms with Crippen molar-refractivity contribution < 1.29 is 4.74 Å². The Morgan fingerprint density at radius 1 is 1.20 bits per heavy atom. The Hall–Kier alpha value is -0.860. The monoisotopic (exact) mass is 275 g/mol. The van der Waals surface area contributed by atoms with E-state index in [1.54, 1.807) is 0 Å². The molecule has 1 N–H and O–H groups in total. The van der Waals surface area contributed by atoms with Gasteiger partial charge >= 0.3 is 0 Å². The van der Waals surface area contributed by atoms with Crippen LogP contribution in [0, 0.1) is 11.8 Å². The summed E-state index contributed by atoms with van der Waals surface area (Å²) in [5, 5.41) is 3.69. The van der Waals surface area contributed by atoms with Crippen LogP contribution < -0.4 is 5.32 Å². The van der Waals surface area contributed by atoms with Gasteiger partial charge in [0.2, 0.25) is 0 Å². The van der Waals surface area contributed by atoms with Crippen molar-refractivity contribution in [2.75, 3.05) is 13.2 Å². The van der Waals surface area contributed by atoms with E-state index in [0.717, 1.165) is 19.1 Å². The maximum Gasteiger partial charge on any atom is 0.0753 e. The fraction of sp³-hybridized carbons (Fsp3) is 0.667. The zero-order valence-electron chi connectivity index (χ0n) is 13.3. The van der Waals surface area contributed by atoms with Gasteiger partial charge < -0.3 is 10.1 Å². The molecule has 2 nitrogen and oxygen atoms in total. The van der Waals surface area contributed by atoms with E-state index in [-0.39, 0.29) is 0 Å². The van der Waals surface area contributed by atoms with E-state index in [0.29, 0.717) is 24.0 Å². The number of rotatable bonds is 8. The van der Waals surface area contributed by atoms with Crippen molar-refractivity contribution in [3.63, 3.8) is 0 Å². The Morgan fingerprint density at radius 2 is 1.90 bits per heavy atom. The number of benzene rings is 1. The predicted octanol–water partition coefficient (Wildman–Crippen LogP) is 3.83. The molecule has 20 heavy (non-hydrogen) atoms. The van der Waals surface area contributed by atoms with Gasteiger partial charge in [-0.15, -0.1) is 0 Å². The minimum atomic E-state index is 0.318. The van der Waals surface area contributed by atoms with Crippen LogP contribution in [0.2, 0.25) is 0 Å². The summed E-state index contributed by atoms with van der Waals surface area (Å²) < 4.78 is 6.04. The van der Waals surface area contributed by atoms with E-state index in [1.807, 2.05) is 0 Å². The summed E-state index contributed by atoms with van der Waals surface area (Å²) in [6, 6.07) is 11.4. The first kappa shape index (κ1) is 15.5. The van der Waals surface area contributed by atoms with E-state index in [9.17, 15) is 0 Å². The second kappa shape index (κ2) is 7.24. The largest absolute Gasteiger partial charge is 0.377 e. The third kappa shape index (κ3) is 3.62. The Labute approximate surface area is 123 Å². The van der Waals surface area contributed by atoms with Gasteiger partial charge in [0.05, 0.1) is 6.10 Å². The highest BCUT2D eigenvalue weighted by Gasteiger charge is 2.47. The standard InChI is InChI=1S/C18H29NO/c1-5-19-17(18(13(3)4)20-6-2)16-12-15(16)14-10-8-7-9-11-14/h7-11,13,15-19H,5-6,12H2,1-4H3. The average molecular weight is 275 g/mol. The fourth-order valence-corrected chi connectivity index (χ4v) is 3.35. The molecule has 1 aliphatic carbocycles. The van der Waals surface area contributed by atoms with Crippen molar-refractivity contribution in [1.82, 2.24) is 5.32 Å². The number of ether oxygens (including phenoxy) is 1. The quantitative estimate of drug-likeness (QED) is 0.778. The molecule has 1 aromatic carbocycles. The van der Waals surface area contributed by atoms with Crippen LogP contribution in [-0.4, -0.2) is 25.3 Å². The molecule has 0 saturated heterocycles. The van der Waals surface area contributed by atoms with Gasteiger partial charge in [0, 0.05) is 12.6 Å². The van der Waals surface area contributed by atoms with E-state index in [1.165, 1.54) is 12.0 Å². The number of hydrogen-bond donors (Lipinski definition) is 1. The molecule has 4 unspecified atom stereocenters. The summed E-state index contributed by atoms with van der Waals surface area (Å²) in [7, 11) is 0. The van der Waals surface area contributed by atoms with Crippen LogP contribution in [0.15, 0.2) is 30.3 Å². The van der Waals surface area contributed by atoms with Crippen LogP contribution in [0.25, 0.3) is 0 Å². The third-order valence-corrected chi connectivity index (χ3v) is 4.34. The maximum absolute atomic E-state index is 6.04. The van der Waals surface area contributed by atoms with E-state index < -0.39 is 0 Å². The summed E-state index contributed by atoms with van der Waals surface area (Å²) in [4.78, 5) is 0. The van der Waals surface area contributed by atoms with Crippen LogP contribution in [0.4, 0.5) is 0 Å². The van der Waals surface area contributed by atoms with Gasteiger partial charge in [-0.25, -0.2) is 0 Å². The van der Waals surface area contributed by atoms with Crippen LogP contribution in [0.1, 0.15) is 45.6 Å². The first-order valence-corrected chi connectivity index (χ1v) is 8.08. The molecule has 0 spiro atoms. The van der Waals surface area contributed by atoms with Gasteiger partial charge in [-0.1, -0.05) is 51.1 Å². The lowest BCUT2D eigenvalue weighted by Crippen LogP contribution is -2.46. The Balaban J connectivity index is 2.06. The maximum atomic E-state index is 6.04. The zero-order valence-corrected chi connectivity index (χ0v) is 13.3. The highest BCUT2D eigenvalue weighted by molar-refractivity contribution is 5.27. The SMILES string of the molecule is CCNC(C1CC1c1ccccc1)C(OCC)C(C)C. The summed E-state index contributed by atoms with van der Waals surface area (Å²) in [5.41, 5.74) is 1.49. The van der Waals surface area contributed by atoms with Crippen molar-refractivity contribution in [3.05, 3.63) is 35.9 Å². The molecule has 1 fully saturated rings. The predicted molar refractivity (Wildman–Crippen MR) is 85.0 cm³/mol. The second-order valence-electron chi connectivity index (χ2n) is 6.16. The zero-order chi connectivity index (χ0) is 14.5. The Bertz CT molecular complexity index is 390. The Morgan fingerprint density at radius 3 is 2.45 bits per heavy atom. The molecule has 0 amide bonds. The van der Waals surface area contributed by atoms with Gasteiger partial charge in [-0.2, -0.15) is 0 Å². The van der Waals surface area contributed by atoms with Crippen molar-refractivity contribution in [2.45, 2.75) is 52.2 Å². The first-order chi connectivity index (χ1) is 9.69. The lowest BCUT2D eigenvalue weighted by atomic mass is 9.93. The average Bonchev–Trinajstić information content (AvgIpc) is 3.23. The van der Waals surface area contributed by atoms with Gasteiger partial charge in [0.15, 0.2) is 0 Å². The van der Waals surface area contributed by atoms with Crippen molar-refractivity contribution >= 4 is 0 Å². The van der Waals surface area contributed by atoms with Crippen LogP contribution in [-0.2, 0) is 4.74 Å². The summed E-state index contributed by atoms with van der Waals surface area (Å²) in [6.45, 7) is 10.6. The minimum Gasteiger partial charge on any atom is -0.377 e. The molecule has 0 bridgehead atoms. The normalized spacial score (nSPS) is 24.6. The van der Waals surface area contributed by atoms with Crippen LogP contribution in [0.3, 0.4) is 0 Å². The molecular formula is C18H29NO. The third-order valence-electron chi connectivity index (χ3n) is 4.34. The van der Waals surface area contributed by atoms with Gasteiger partial charge in [0.25, 0.3) is 0 Å². The molecule has 2 rings (SSSR count). The summed E-state index contributed by atoms with van der Waals surface area (Å²) in [5.74, 6) is 1.98. The molecule has 4 atom stereocenters. The van der Waals surface area contributed by atoms with Crippen LogP contribution >= 0.6 is 0 Å². The molecule has 0 aliphatic heterocycles. The lowest BCUT2D eigenvalue weighted by Gasteiger charge is -2.31.